The fourth-order valence-corrected chi connectivity index (χ4v) is 11.5. The zero-order valence-corrected chi connectivity index (χ0v) is 35.6. The molecular formula is C58H38N4OS. The van der Waals surface area contributed by atoms with Crippen LogP contribution in [0.15, 0.2) is 199 Å². The molecule has 4 heterocycles. The van der Waals surface area contributed by atoms with E-state index in [2.05, 4.69) is 169 Å². The van der Waals surface area contributed by atoms with Crippen molar-refractivity contribution in [1.29, 1.82) is 0 Å². The Balaban J connectivity index is 1.02. The fourth-order valence-electron chi connectivity index (χ4n) is 10.1. The third-order valence-corrected chi connectivity index (χ3v) is 14.3. The molecule has 0 saturated heterocycles. The van der Waals surface area contributed by atoms with Gasteiger partial charge in [-0.1, -0.05) is 159 Å². The van der Waals surface area contributed by atoms with E-state index in [1.807, 2.05) is 53.8 Å². The lowest BCUT2D eigenvalue weighted by molar-refractivity contribution is 0.609. The van der Waals surface area contributed by atoms with E-state index in [1.54, 1.807) is 0 Å². The molecule has 6 heteroatoms. The Bertz CT molecular complexity index is 3750. The van der Waals surface area contributed by atoms with E-state index >= 15 is 0 Å². The van der Waals surface area contributed by atoms with Gasteiger partial charge < -0.3 is 8.98 Å². The Morgan fingerprint density at radius 3 is 1.89 bits per heavy atom. The average molecular weight is 839 g/mol. The number of hydrogen-bond donors (Lipinski definition) is 0. The van der Waals surface area contributed by atoms with Crippen LogP contribution in [0.5, 0.6) is 0 Å². The van der Waals surface area contributed by atoms with E-state index in [0.717, 1.165) is 71.9 Å². The van der Waals surface area contributed by atoms with Crippen LogP contribution in [-0.2, 0) is 0 Å². The molecule has 0 bridgehead atoms. The van der Waals surface area contributed by atoms with Crippen molar-refractivity contribution < 1.29 is 4.42 Å². The number of thiophene rings is 1. The summed E-state index contributed by atoms with van der Waals surface area (Å²) in [5.41, 5.74) is 13.1. The van der Waals surface area contributed by atoms with Gasteiger partial charge in [-0.15, -0.1) is 11.3 Å². The summed E-state index contributed by atoms with van der Waals surface area (Å²) in [5, 5.41) is 5.79. The third kappa shape index (κ3) is 5.73. The molecule has 0 fully saturated rings. The summed E-state index contributed by atoms with van der Waals surface area (Å²) in [6.07, 6.45) is 2.45. The predicted molar refractivity (Wildman–Crippen MR) is 265 cm³/mol. The molecule has 302 valence electrons. The smallest absolute Gasteiger partial charge is 0.163 e. The molecule has 1 aliphatic rings. The lowest BCUT2D eigenvalue weighted by atomic mass is 9.75. The number of furan rings is 1. The molecular weight excluding hydrogens is 801 g/mol. The number of nitrogens with zero attached hydrogens (tertiary/aromatic N) is 4. The zero-order valence-electron chi connectivity index (χ0n) is 34.8. The van der Waals surface area contributed by atoms with Crippen molar-refractivity contribution in [3.8, 4) is 39.6 Å². The molecule has 0 radical (unpaired) electrons. The number of para-hydroxylation sites is 2. The maximum atomic E-state index is 6.68. The number of aromatic nitrogens is 4. The lowest BCUT2D eigenvalue weighted by Crippen LogP contribution is -2.20. The highest BCUT2D eigenvalue weighted by Gasteiger charge is 2.36. The van der Waals surface area contributed by atoms with Crippen molar-refractivity contribution in [2.24, 2.45) is 5.92 Å². The van der Waals surface area contributed by atoms with Gasteiger partial charge in [0.05, 0.1) is 22.3 Å². The van der Waals surface area contributed by atoms with Gasteiger partial charge in [0.2, 0.25) is 0 Å². The molecule has 0 saturated carbocycles. The van der Waals surface area contributed by atoms with Crippen LogP contribution >= 0.6 is 11.3 Å². The highest BCUT2D eigenvalue weighted by atomic mass is 32.1. The normalized spacial score (nSPS) is 15.0. The minimum atomic E-state index is -0.123. The number of rotatable bonds is 6. The average Bonchev–Trinajstić information content (AvgIpc) is 4.03. The SMILES string of the molecule is CC1C(c2ccccc2-c2ccc3c4c5oc6ccccc6c5ccc4n(-c4ccccc4)c3c2)=Cc2c(sc3ccccc23)C1c1nc(-c2ccccc2)nc(-c2ccccc2)n1. The van der Waals surface area contributed by atoms with Gasteiger partial charge in [0.1, 0.15) is 17.0 Å². The molecule has 2 unspecified atom stereocenters. The highest BCUT2D eigenvalue weighted by molar-refractivity contribution is 7.19. The topological polar surface area (TPSA) is 56.7 Å². The van der Waals surface area contributed by atoms with Crippen molar-refractivity contribution in [3.05, 3.63) is 216 Å². The van der Waals surface area contributed by atoms with Gasteiger partial charge in [0, 0.05) is 42.6 Å². The minimum Gasteiger partial charge on any atom is -0.455 e. The van der Waals surface area contributed by atoms with Gasteiger partial charge in [0.15, 0.2) is 11.6 Å². The van der Waals surface area contributed by atoms with Gasteiger partial charge in [-0.3, -0.25) is 0 Å². The first-order valence-corrected chi connectivity index (χ1v) is 22.6. The van der Waals surface area contributed by atoms with Crippen LogP contribution < -0.4 is 0 Å². The lowest BCUT2D eigenvalue weighted by Gasteiger charge is -2.31. The Morgan fingerprint density at radius 2 is 1.14 bits per heavy atom. The summed E-state index contributed by atoms with van der Waals surface area (Å²) in [4.78, 5) is 17.1. The van der Waals surface area contributed by atoms with E-state index in [-0.39, 0.29) is 11.8 Å². The van der Waals surface area contributed by atoms with E-state index in [1.165, 1.54) is 37.2 Å². The summed E-state index contributed by atoms with van der Waals surface area (Å²) >= 11 is 1.86. The summed E-state index contributed by atoms with van der Waals surface area (Å²) in [5.74, 6) is 2.04. The molecule has 0 spiro atoms. The van der Waals surface area contributed by atoms with Crippen LogP contribution in [0.25, 0.3) is 105 Å². The van der Waals surface area contributed by atoms with E-state index in [9.17, 15) is 0 Å². The van der Waals surface area contributed by atoms with Gasteiger partial charge in [-0.25, -0.2) is 15.0 Å². The summed E-state index contributed by atoms with van der Waals surface area (Å²) in [7, 11) is 0. The zero-order chi connectivity index (χ0) is 42.3. The Labute approximate surface area is 373 Å². The van der Waals surface area contributed by atoms with Crippen LogP contribution in [0.2, 0.25) is 0 Å². The molecule has 0 aliphatic heterocycles. The van der Waals surface area contributed by atoms with E-state index in [4.69, 9.17) is 19.4 Å². The van der Waals surface area contributed by atoms with Crippen molar-refractivity contribution >= 4 is 76.8 Å². The molecule has 2 atom stereocenters. The first kappa shape index (κ1) is 36.7. The standard InChI is InChI=1S/C58H38N4OS/c1-35-46(34-47-43-26-14-16-28-51(43)64-55(47)52(35)58-60-56(36-17-5-2-6-18-36)59-57(61-58)37-19-7-3-8-20-37)41-24-12-11-23-40(41)38-29-30-45-49(33-38)62(39-21-9-4-10-22-39)48-32-31-44-42-25-13-15-27-50(42)63-54(44)53(45)48/h2-35,52H,1H3. The highest BCUT2D eigenvalue weighted by Crippen LogP contribution is 2.52. The second kappa shape index (κ2) is 14.6. The first-order valence-electron chi connectivity index (χ1n) is 21.8. The van der Waals surface area contributed by atoms with Gasteiger partial charge in [-0.05, 0) is 87.7 Å². The molecule has 1 aliphatic carbocycles. The number of allylic oxidation sites excluding steroid dienone is 1. The van der Waals surface area contributed by atoms with Gasteiger partial charge in [0.25, 0.3) is 0 Å². The van der Waals surface area contributed by atoms with Crippen LogP contribution in [0.4, 0.5) is 0 Å². The fraction of sp³-hybridized carbons (Fsp3) is 0.0517. The van der Waals surface area contributed by atoms with E-state index in [0.29, 0.717) is 11.6 Å². The molecule has 5 nitrogen and oxygen atoms in total. The monoisotopic (exact) mass is 838 g/mol. The van der Waals surface area contributed by atoms with Gasteiger partial charge >= 0.3 is 0 Å². The second-order valence-electron chi connectivity index (χ2n) is 16.7. The number of benzene rings is 8. The molecule has 13 rings (SSSR count). The summed E-state index contributed by atoms with van der Waals surface area (Å²) < 4.78 is 10.3. The van der Waals surface area contributed by atoms with Gasteiger partial charge in [-0.2, -0.15) is 0 Å². The molecule has 12 aromatic rings. The second-order valence-corrected chi connectivity index (χ2v) is 17.8. The summed E-state index contributed by atoms with van der Waals surface area (Å²) in [6.45, 7) is 2.35. The van der Waals surface area contributed by atoms with E-state index < -0.39 is 0 Å². The van der Waals surface area contributed by atoms with Crippen LogP contribution in [0.1, 0.15) is 34.7 Å². The Morgan fingerprint density at radius 1 is 0.516 bits per heavy atom. The minimum absolute atomic E-state index is 0.0252. The van der Waals surface area contributed by atoms with Crippen molar-refractivity contribution in [2.75, 3.05) is 0 Å². The van der Waals surface area contributed by atoms with Crippen LogP contribution in [0, 0.1) is 5.92 Å². The molecule has 4 aromatic heterocycles. The molecule has 0 amide bonds. The molecule has 64 heavy (non-hydrogen) atoms. The van der Waals surface area contributed by atoms with Crippen molar-refractivity contribution in [3.63, 3.8) is 0 Å². The maximum absolute atomic E-state index is 6.68. The van der Waals surface area contributed by atoms with Crippen molar-refractivity contribution in [2.45, 2.75) is 12.8 Å². The first-order chi connectivity index (χ1) is 31.7. The Kier molecular flexibility index (Phi) is 8.36. The maximum Gasteiger partial charge on any atom is 0.163 e. The summed E-state index contributed by atoms with van der Waals surface area (Å²) in [6, 6.07) is 68.7. The quantitative estimate of drug-likeness (QED) is 0.167. The Hall–Kier alpha value is -7.93. The molecule has 8 aromatic carbocycles. The van der Waals surface area contributed by atoms with Crippen LogP contribution in [-0.4, -0.2) is 19.5 Å². The number of hydrogen-bond acceptors (Lipinski definition) is 5. The largest absolute Gasteiger partial charge is 0.455 e. The number of fused-ring (bicyclic) bond motifs is 10. The molecule has 0 N–H and O–H groups in total. The van der Waals surface area contributed by atoms with Crippen molar-refractivity contribution in [1.82, 2.24) is 19.5 Å². The predicted octanol–water partition coefficient (Wildman–Crippen LogP) is 15.4. The third-order valence-electron chi connectivity index (χ3n) is 13.1. The van der Waals surface area contributed by atoms with Crippen LogP contribution in [0.3, 0.4) is 0 Å².